The first-order valence-electron chi connectivity index (χ1n) is 6.88. The lowest BCUT2D eigenvalue weighted by Gasteiger charge is -2.17. The molecule has 118 valence electrons. The SMILES string of the molecule is NC(=O)[C@@H](Cc1ccc([N+](=O)[O-])cc1)NC(=O)[C@@H]1CCOC1. The molecule has 0 aliphatic carbocycles. The molecular weight excluding hydrogens is 290 g/mol. The average molecular weight is 307 g/mol. The van der Waals surface area contributed by atoms with Gasteiger partial charge < -0.3 is 15.8 Å². The summed E-state index contributed by atoms with van der Waals surface area (Å²) >= 11 is 0. The predicted octanol–water partition coefficient (Wildman–Crippen LogP) is 0.144. The molecule has 0 aromatic heterocycles. The Kier molecular flexibility index (Phi) is 5.05. The molecule has 8 nitrogen and oxygen atoms in total. The van der Waals surface area contributed by atoms with Crippen LogP contribution in [-0.4, -0.2) is 36.0 Å². The van der Waals surface area contributed by atoms with Crippen molar-refractivity contribution in [2.75, 3.05) is 13.2 Å². The van der Waals surface area contributed by atoms with Gasteiger partial charge in [-0.15, -0.1) is 0 Å². The molecule has 2 rings (SSSR count). The lowest BCUT2D eigenvalue weighted by Crippen LogP contribution is -2.48. The second kappa shape index (κ2) is 6.99. The molecule has 8 heteroatoms. The van der Waals surface area contributed by atoms with Crippen molar-refractivity contribution < 1.29 is 19.2 Å². The van der Waals surface area contributed by atoms with E-state index in [4.69, 9.17) is 10.5 Å². The van der Waals surface area contributed by atoms with Crippen LogP contribution in [0.2, 0.25) is 0 Å². The van der Waals surface area contributed by atoms with Gasteiger partial charge in [0.25, 0.3) is 5.69 Å². The maximum Gasteiger partial charge on any atom is 0.269 e. The van der Waals surface area contributed by atoms with Gasteiger partial charge in [0.2, 0.25) is 11.8 Å². The zero-order valence-corrected chi connectivity index (χ0v) is 11.9. The van der Waals surface area contributed by atoms with E-state index in [2.05, 4.69) is 5.32 Å². The molecule has 1 aliphatic heterocycles. The van der Waals surface area contributed by atoms with E-state index in [0.717, 1.165) is 0 Å². The minimum Gasteiger partial charge on any atom is -0.381 e. The highest BCUT2D eigenvalue weighted by Crippen LogP contribution is 2.15. The van der Waals surface area contributed by atoms with E-state index in [1.807, 2.05) is 0 Å². The number of primary amides is 1. The van der Waals surface area contributed by atoms with Crippen LogP contribution in [0.1, 0.15) is 12.0 Å². The zero-order chi connectivity index (χ0) is 16.1. The summed E-state index contributed by atoms with van der Waals surface area (Å²) in [7, 11) is 0. The summed E-state index contributed by atoms with van der Waals surface area (Å²) in [6.45, 7) is 0.872. The van der Waals surface area contributed by atoms with Crippen LogP contribution in [-0.2, 0) is 20.7 Å². The number of amides is 2. The van der Waals surface area contributed by atoms with Gasteiger partial charge >= 0.3 is 0 Å². The van der Waals surface area contributed by atoms with Crippen LogP contribution in [0.3, 0.4) is 0 Å². The van der Waals surface area contributed by atoms with Gasteiger partial charge in [0, 0.05) is 25.2 Å². The molecule has 1 heterocycles. The van der Waals surface area contributed by atoms with Crippen LogP contribution in [0.4, 0.5) is 5.69 Å². The topological polar surface area (TPSA) is 125 Å². The smallest absolute Gasteiger partial charge is 0.269 e. The van der Waals surface area contributed by atoms with Crippen molar-refractivity contribution in [3.05, 3.63) is 39.9 Å². The van der Waals surface area contributed by atoms with E-state index in [1.165, 1.54) is 12.1 Å². The minimum absolute atomic E-state index is 0.0356. The second-order valence-electron chi connectivity index (χ2n) is 5.15. The highest BCUT2D eigenvalue weighted by molar-refractivity contribution is 5.87. The number of carbonyl (C=O) groups excluding carboxylic acids is 2. The van der Waals surface area contributed by atoms with Gasteiger partial charge in [-0.1, -0.05) is 12.1 Å². The van der Waals surface area contributed by atoms with E-state index in [-0.39, 0.29) is 23.9 Å². The van der Waals surface area contributed by atoms with Gasteiger partial charge in [-0.05, 0) is 12.0 Å². The Hall–Kier alpha value is -2.48. The van der Waals surface area contributed by atoms with Crippen LogP contribution < -0.4 is 11.1 Å². The first kappa shape index (κ1) is 15.9. The Bertz CT molecular complexity index is 566. The molecule has 22 heavy (non-hydrogen) atoms. The van der Waals surface area contributed by atoms with Crippen molar-refractivity contribution in [1.82, 2.24) is 5.32 Å². The molecule has 2 amide bonds. The van der Waals surface area contributed by atoms with Crippen LogP contribution in [0, 0.1) is 16.0 Å². The fraction of sp³-hybridized carbons (Fsp3) is 0.429. The molecular formula is C14H17N3O5. The summed E-state index contributed by atoms with van der Waals surface area (Å²) in [6, 6.07) is 4.92. The zero-order valence-electron chi connectivity index (χ0n) is 11.9. The summed E-state index contributed by atoms with van der Waals surface area (Å²) in [4.78, 5) is 33.6. The molecule has 0 unspecified atom stereocenters. The quantitative estimate of drug-likeness (QED) is 0.571. The molecule has 0 saturated carbocycles. The number of rotatable bonds is 6. The number of nitrogens with one attached hydrogen (secondary N) is 1. The molecule has 0 bridgehead atoms. The van der Waals surface area contributed by atoms with Crippen molar-refractivity contribution in [3.8, 4) is 0 Å². The summed E-state index contributed by atoms with van der Waals surface area (Å²) in [5.41, 5.74) is 5.96. The fourth-order valence-corrected chi connectivity index (χ4v) is 2.24. The van der Waals surface area contributed by atoms with Crippen LogP contribution in [0.15, 0.2) is 24.3 Å². The lowest BCUT2D eigenvalue weighted by atomic mass is 10.0. The fourth-order valence-electron chi connectivity index (χ4n) is 2.24. The first-order chi connectivity index (χ1) is 10.5. The maximum absolute atomic E-state index is 12.0. The average Bonchev–Trinajstić information content (AvgIpc) is 3.01. The molecule has 1 saturated heterocycles. The lowest BCUT2D eigenvalue weighted by molar-refractivity contribution is -0.384. The van der Waals surface area contributed by atoms with Crippen molar-refractivity contribution >= 4 is 17.5 Å². The van der Waals surface area contributed by atoms with Crippen molar-refractivity contribution in [1.29, 1.82) is 0 Å². The molecule has 1 fully saturated rings. The van der Waals surface area contributed by atoms with E-state index in [1.54, 1.807) is 12.1 Å². The highest BCUT2D eigenvalue weighted by Gasteiger charge is 2.27. The molecule has 0 radical (unpaired) electrons. The Balaban J connectivity index is 2.00. The largest absolute Gasteiger partial charge is 0.381 e. The van der Waals surface area contributed by atoms with Crippen molar-refractivity contribution in [3.63, 3.8) is 0 Å². The normalized spacial score (nSPS) is 18.6. The molecule has 3 N–H and O–H groups in total. The monoisotopic (exact) mass is 307 g/mol. The third-order valence-electron chi connectivity index (χ3n) is 3.55. The highest BCUT2D eigenvalue weighted by atomic mass is 16.6. The third-order valence-corrected chi connectivity index (χ3v) is 3.55. The van der Waals surface area contributed by atoms with Gasteiger partial charge in [0.15, 0.2) is 0 Å². The molecule has 1 aromatic rings. The van der Waals surface area contributed by atoms with E-state index in [0.29, 0.717) is 25.2 Å². The number of benzene rings is 1. The maximum atomic E-state index is 12.0. The third kappa shape index (κ3) is 4.01. The molecule has 0 spiro atoms. The van der Waals surface area contributed by atoms with Gasteiger partial charge in [0.05, 0.1) is 17.4 Å². The summed E-state index contributed by atoms with van der Waals surface area (Å²) in [6.07, 6.45) is 0.807. The Morgan fingerprint density at radius 3 is 2.59 bits per heavy atom. The summed E-state index contributed by atoms with van der Waals surface area (Å²) < 4.78 is 5.13. The summed E-state index contributed by atoms with van der Waals surface area (Å²) in [5.74, 6) is -1.17. The van der Waals surface area contributed by atoms with E-state index in [9.17, 15) is 19.7 Å². The number of hydrogen-bond acceptors (Lipinski definition) is 5. The number of ether oxygens (including phenoxy) is 1. The van der Waals surface area contributed by atoms with Gasteiger partial charge in [0.1, 0.15) is 6.04 Å². The van der Waals surface area contributed by atoms with Gasteiger partial charge in [-0.3, -0.25) is 19.7 Å². The van der Waals surface area contributed by atoms with Crippen molar-refractivity contribution in [2.45, 2.75) is 18.9 Å². The second-order valence-corrected chi connectivity index (χ2v) is 5.15. The first-order valence-corrected chi connectivity index (χ1v) is 6.88. The standard InChI is InChI=1S/C14H17N3O5/c15-13(18)12(16-14(19)10-5-6-22-8-10)7-9-1-3-11(4-2-9)17(20)21/h1-4,10,12H,5-8H2,(H2,15,18)(H,16,19)/t10-,12-/m1/s1. The Morgan fingerprint density at radius 1 is 1.41 bits per heavy atom. The number of nitro groups is 1. The number of nitrogens with zero attached hydrogens (tertiary/aromatic N) is 1. The van der Waals surface area contributed by atoms with Crippen LogP contribution >= 0.6 is 0 Å². The van der Waals surface area contributed by atoms with Crippen molar-refractivity contribution in [2.24, 2.45) is 11.7 Å². The Labute approximate surface area is 126 Å². The van der Waals surface area contributed by atoms with Crippen LogP contribution in [0.5, 0.6) is 0 Å². The molecule has 1 aromatic carbocycles. The Morgan fingerprint density at radius 2 is 2.09 bits per heavy atom. The number of nitro benzene ring substituents is 1. The van der Waals surface area contributed by atoms with Crippen LogP contribution in [0.25, 0.3) is 0 Å². The number of hydrogen-bond donors (Lipinski definition) is 2. The van der Waals surface area contributed by atoms with Gasteiger partial charge in [-0.2, -0.15) is 0 Å². The number of non-ortho nitro benzene ring substituents is 1. The predicted molar refractivity (Wildman–Crippen MR) is 76.9 cm³/mol. The summed E-state index contributed by atoms with van der Waals surface area (Å²) in [5, 5.41) is 13.2. The minimum atomic E-state index is -0.852. The van der Waals surface area contributed by atoms with E-state index < -0.39 is 16.9 Å². The number of nitrogens with two attached hydrogens (primary N) is 1. The number of carbonyl (C=O) groups is 2. The molecule has 2 atom stereocenters. The van der Waals surface area contributed by atoms with Gasteiger partial charge in [-0.25, -0.2) is 0 Å². The van der Waals surface area contributed by atoms with E-state index >= 15 is 0 Å². The molecule has 1 aliphatic rings.